The highest BCUT2D eigenvalue weighted by molar-refractivity contribution is 6.26. The number of phenols is 2. The molecule has 176 valence electrons. The van der Waals surface area contributed by atoms with Gasteiger partial charge < -0.3 is 20.1 Å². The third-order valence-electron chi connectivity index (χ3n) is 4.66. The summed E-state index contributed by atoms with van der Waals surface area (Å²) in [6.07, 6.45) is 2.78. The largest absolute Gasteiger partial charge is 0.507 e. The van der Waals surface area contributed by atoms with Crippen molar-refractivity contribution in [3.05, 3.63) is 95.1 Å². The Morgan fingerprint density at radius 1 is 1.00 bits per heavy atom. The van der Waals surface area contributed by atoms with Crippen molar-refractivity contribution in [2.75, 3.05) is 0 Å². The maximum atomic E-state index is 12.3. The Morgan fingerprint density at radius 2 is 1.59 bits per heavy atom. The molecule has 8 heteroatoms. The number of phenolic OH excluding ortho intramolecular Hbond substituents is 2. The summed E-state index contributed by atoms with van der Waals surface area (Å²) in [6, 6.07) is 10.6. The average molecular weight is 464 g/mol. The first-order valence-electron chi connectivity index (χ1n) is 10.2. The van der Waals surface area contributed by atoms with E-state index in [1.54, 1.807) is 36.4 Å². The molecule has 0 amide bonds. The van der Waals surface area contributed by atoms with Crippen LogP contribution >= 0.6 is 0 Å². The molecule has 3 N–H and O–H groups in total. The zero-order chi connectivity index (χ0) is 25.4. The van der Waals surface area contributed by atoms with Crippen LogP contribution in [0.15, 0.2) is 78.4 Å². The summed E-state index contributed by atoms with van der Waals surface area (Å²) < 4.78 is 4.39. The van der Waals surface area contributed by atoms with E-state index in [1.807, 2.05) is 13.8 Å². The number of ketones is 2. The summed E-state index contributed by atoms with van der Waals surface area (Å²) in [7, 11) is 0. The van der Waals surface area contributed by atoms with Gasteiger partial charge in [0.05, 0.1) is 22.8 Å². The van der Waals surface area contributed by atoms with Gasteiger partial charge >= 0.3 is 11.9 Å². The van der Waals surface area contributed by atoms with Crippen LogP contribution in [0.25, 0.3) is 0 Å². The zero-order valence-electron chi connectivity index (χ0n) is 18.6. The van der Waals surface area contributed by atoms with Crippen LogP contribution in [0.3, 0.4) is 0 Å². The van der Waals surface area contributed by atoms with Gasteiger partial charge in [0, 0.05) is 11.6 Å². The molecular weight excluding hydrogens is 440 g/mol. The molecule has 1 atom stereocenters. The van der Waals surface area contributed by atoms with Gasteiger partial charge in [-0.2, -0.15) is 0 Å². The number of carbonyl (C=O) groups is 4. The SMILES string of the molecule is C=CC(=O)OC(=O)c1ccccc1.CC(C)=CCC(O)C1=CC(=O)c2c(O)ccc(O)c2C1=O. The summed E-state index contributed by atoms with van der Waals surface area (Å²) in [5.74, 6) is -3.41. The van der Waals surface area contributed by atoms with Gasteiger partial charge in [-0.25, -0.2) is 9.59 Å². The molecule has 0 saturated heterocycles. The fourth-order valence-corrected chi connectivity index (χ4v) is 2.97. The molecular formula is C26H24O8. The minimum atomic E-state index is -1.13. The van der Waals surface area contributed by atoms with E-state index in [-0.39, 0.29) is 34.6 Å². The Morgan fingerprint density at radius 3 is 2.15 bits per heavy atom. The topological polar surface area (TPSA) is 138 Å². The van der Waals surface area contributed by atoms with E-state index >= 15 is 0 Å². The van der Waals surface area contributed by atoms with Crippen molar-refractivity contribution in [3.63, 3.8) is 0 Å². The fraction of sp³-hybridized carbons (Fsp3) is 0.154. The number of ether oxygens (including phenoxy) is 1. The molecule has 1 unspecified atom stereocenters. The molecule has 0 spiro atoms. The van der Waals surface area contributed by atoms with Gasteiger partial charge in [-0.05, 0) is 50.6 Å². The number of rotatable bonds is 5. The lowest BCUT2D eigenvalue weighted by atomic mass is 9.85. The van der Waals surface area contributed by atoms with Crippen LogP contribution in [0, 0.1) is 0 Å². The number of allylic oxidation sites excluding steroid dienone is 2. The number of hydrogen-bond donors (Lipinski definition) is 3. The molecule has 34 heavy (non-hydrogen) atoms. The quantitative estimate of drug-likeness (QED) is 0.200. The number of aromatic hydroxyl groups is 2. The Hall–Kier alpha value is -4.30. The lowest BCUT2D eigenvalue weighted by Gasteiger charge is -2.20. The van der Waals surface area contributed by atoms with Crippen LogP contribution in [0.5, 0.6) is 11.5 Å². The molecule has 0 radical (unpaired) electrons. The lowest BCUT2D eigenvalue weighted by Crippen LogP contribution is -2.25. The van der Waals surface area contributed by atoms with Crippen molar-refractivity contribution in [1.29, 1.82) is 0 Å². The summed E-state index contributed by atoms with van der Waals surface area (Å²) in [4.78, 5) is 46.1. The van der Waals surface area contributed by atoms with Crippen LogP contribution in [-0.2, 0) is 9.53 Å². The van der Waals surface area contributed by atoms with Crippen molar-refractivity contribution < 1.29 is 39.2 Å². The molecule has 0 aromatic heterocycles. The van der Waals surface area contributed by atoms with Gasteiger partial charge in [-0.3, -0.25) is 9.59 Å². The number of aliphatic hydroxyl groups is 1. The molecule has 0 bridgehead atoms. The second-order valence-electron chi connectivity index (χ2n) is 7.46. The van der Waals surface area contributed by atoms with Crippen molar-refractivity contribution >= 4 is 23.5 Å². The molecule has 8 nitrogen and oxygen atoms in total. The Kier molecular flexibility index (Phi) is 8.80. The summed E-state index contributed by atoms with van der Waals surface area (Å²) in [6.45, 7) is 6.89. The molecule has 0 fully saturated rings. The smallest absolute Gasteiger partial charge is 0.346 e. The predicted octanol–water partition coefficient (Wildman–Crippen LogP) is 3.68. The Bertz CT molecular complexity index is 1180. The monoisotopic (exact) mass is 464 g/mol. The van der Waals surface area contributed by atoms with Crippen LogP contribution < -0.4 is 0 Å². The molecule has 2 aromatic rings. The zero-order valence-corrected chi connectivity index (χ0v) is 18.6. The van der Waals surface area contributed by atoms with E-state index in [0.717, 1.165) is 29.9 Å². The van der Waals surface area contributed by atoms with Crippen molar-refractivity contribution in [3.8, 4) is 11.5 Å². The minimum absolute atomic E-state index is 0.0779. The highest BCUT2D eigenvalue weighted by Crippen LogP contribution is 2.35. The van der Waals surface area contributed by atoms with Crippen molar-refractivity contribution in [2.24, 2.45) is 0 Å². The van der Waals surface area contributed by atoms with Gasteiger partial charge in [-0.1, -0.05) is 36.4 Å². The Balaban J connectivity index is 0.000000270. The normalized spacial score (nSPS) is 12.9. The van der Waals surface area contributed by atoms with E-state index in [1.165, 1.54) is 0 Å². The van der Waals surface area contributed by atoms with E-state index in [0.29, 0.717) is 5.56 Å². The number of fused-ring (bicyclic) bond motifs is 1. The van der Waals surface area contributed by atoms with Crippen LogP contribution in [0.1, 0.15) is 51.3 Å². The molecule has 0 saturated carbocycles. The first-order chi connectivity index (χ1) is 16.1. The van der Waals surface area contributed by atoms with Crippen LogP contribution in [0.4, 0.5) is 0 Å². The van der Waals surface area contributed by atoms with Crippen LogP contribution in [0.2, 0.25) is 0 Å². The van der Waals surface area contributed by atoms with Gasteiger partial charge in [0.2, 0.25) is 0 Å². The summed E-state index contributed by atoms with van der Waals surface area (Å²) in [5.41, 5.74) is 0.764. The van der Waals surface area contributed by atoms with Gasteiger partial charge in [0.25, 0.3) is 0 Å². The maximum Gasteiger partial charge on any atom is 0.346 e. The molecule has 2 aromatic carbocycles. The van der Waals surface area contributed by atoms with E-state index < -0.39 is 29.6 Å². The molecule has 0 heterocycles. The molecule has 3 rings (SSSR count). The van der Waals surface area contributed by atoms with Crippen molar-refractivity contribution in [2.45, 2.75) is 26.4 Å². The molecule has 1 aliphatic rings. The number of carbonyl (C=O) groups excluding carboxylic acids is 4. The second kappa shape index (κ2) is 11.5. The standard InChI is InChI=1S/C16H16O5.C10H8O3/c1-8(2)3-4-10(17)9-7-13(20)14-11(18)5-6-12(19)15(14)16(9)21;1-2-9(11)13-10(12)8-6-4-3-5-7-8/h3,5-7,10,17-19H,4H2,1-2H3;2-7H,1H2. The second-order valence-corrected chi connectivity index (χ2v) is 7.46. The number of benzene rings is 2. The minimum Gasteiger partial charge on any atom is -0.507 e. The average Bonchev–Trinajstić information content (AvgIpc) is 2.82. The Labute approximate surface area is 196 Å². The highest BCUT2D eigenvalue weighted by atomic mass is 16.6. The van der Waals surface area contributed by atoms with E-state index in [9.17, 15) is 34.5 Å². The van der Waals surface area contributed by atoms with Gasteiger partial charge in [0.1, 0.15) is 11.5 Å². The third kappa shape index (κ3) is 6.36. The summed E-state index contributed by atoms with van der Waals surface area (Å²) in [5, 5.41) is 29.5. The maximum absolute atomic E-state index is 12.3. The van der Waals surface area contributed by atoms with Crippen LogP contribution in [-0.4, -0.2) is 44.9 Å². The summed E-state index contributed by atoms with van der Waals surface area (Å²) >= 11 is 0. The lowest BCUT2D eigenvalue weighted by molar-refractivity contribution is -0.132. The highest BCUT2D eigenvalue weighted by Gasteiger charge is 2.33. The fourth-order valence-electron chi connectivity index (χ4n) is 2.97. The van der Waals surface area contributed by atoms with Gasteiger partial charge in [-0.15, -0.1) is 0 Å². The molecule has 1 aliphatic carbocycles. The number of esters is 2. The predicted molar refractivity (Wildman–Crippen MR) is 124 cm³/mol. The van der Waals surface area contributed by atoms with E-state index in [2.05, 4.69) is 11.3 Å². The number of hydrogen-bond acceptors (Lipinski definition) is 8. The number of Topliss-reactive ketones (excluding diaryl/α,β-unsaturated/α-hetero) is 1. The van der Waals surface area contributed by atoms with Crippen molar-refractivity contribution in [1.82, 2.24) is 0 Å². The van der Waals surface area contributed by atoms with E-state index in [4.69, 9.17) is 0 Å². The van der Waals surface area contributed by atoms with Gasteiger partial charge in [0.15, 0.2) is 11.6 Å². The third-order valence-corrected chi connectivity index (χ3v) is 4.66. The number of aliphatic hydroxyl groups excluding tert-OH is 1. The first kappa shape index (κ1) is 26.0. The first-order valence-corrected chi connectivity index (χ1v) is 10.2. The molecule has 0 aliphatic heterocycles.